The highest BCUT2D eigenvalue weighted by atomic mass is 35.5. The number of carbonyl (C=O) groups excluding carboxylic acids is 1. The number of carbonyl (C=O) groups is 1. The summed E-state index contributed by atoms with van der Waals surface area (Å²) in [4.78, 5) is 18.6. The topological polar surface area (TPSA) is 51.1 Å². The SMILES string of the molecule is COC(=O)CO/N=C/C[C@H]1C2CCC(C[C@@H]1c1ccc(Cl)c(Cl)c1)N2C. The molecule has 26 heavy (non-hydrogen) atoms. The second-order valence-corrected chi connectivity index (χ2v) is 7.83. The predicted octanol–water partition coefficient (Wildman–Crippen LogP) is 4.13. The van der Waals surface area contributed by atoms with Crippen molar-refractivity contribution < 1.29 is 14.4 Å². The van der Waals surface area contributed by atoms with Crippen molar-refractivity contribution in [2.45, 2.75) is 43.7 Å². The average Bonchev–Trinajstić information content (AvgIpc) is 2.87. The molecule has 0 aromatic heterocycles. The number of hydrogen-bond acceptors (Lipinski definition) is 5. The average molecular weight is 399 g/mol. The molecule has 0 radical (unpaired) electrons. The number of ether oxygens (including phenoxy) is 1. The molecular weight excluding hydrogens is 375 g/mol. The molecule has 2 saturated heterocycles. The quantitative estimate of drug-likeness (QED) is 0.410. The van der Waals surface area contributed by atoms with Gasteiger partial charge in [-0.1, -0.05) is 34.4 Å². The molecule has 2 fully saturated rings. The normalized spacial score (nSPS) is 28.5. The monoisotopic (exact) mass is 398 g/mol. The predicted molar refractivity (Wildman–Crippen MR) is 103 cm³/mol. The molecule has 142 valence electrons. The van der Waals surface area contributed by atoms with E-state index in [9.17, 15) is 4.79 Å². The molecule has 5 nitrogen and oxygen atoms in total. The second kappa shape index (κ2) is 8.59. The first kappa shape index (κ1) is 19.5. The lowest BCUT2D eigenvalue weighted by molar-refractivity contribution is -0.145. The van der Waals surface area contributed by atoms with Crippen LogP contribution in [0.25, 0.3) is 0 Å². The standard InChI is InChI=1S/C19H24Cl2N2O3/c1-23-13-4-6-18(23)14(7-8-22-26-11-19(24)25-2)15(10-13)12-3-5-16(20)17(21)9-12/h3,5,8-9,13-15,18H,4,6-7,10-11H2,1-2H3/b22-8+/t13?,14-,15-,18?/m1/s1. The molecule has 3 rings (SSSR count). The van der Waals surface area contributed by atoms with Crippen LogP contribution in [0.15, 0.2) is 23.4 Å². The number of rotatable bonds is 6. The van der Waals surface area contributed by atoms with Gasteiger partial charge in [-0.2, -0.15) is 0 Å². The molecule has 7 heteroatoms. The fraction of sp³-hybridized carbons (Fsp3) is 0.579. The Bertz CT molecular complexity index is 683. The molecule has 2 bridgehead atoms. The van der Waals surface area contributed by atoms with E-state index in [0.717, 1.165) is 12.8 Å². The van der Waals surface area contributed by atoms with Crippen LogP contribution in [0.2, 0.25) is 10.0 Å². The van der Waals surface area contributed by atoms with Gasteiger partial charge in [-0.25, -0.2) is 4.79 Å². The van der Waals surface area contributed by atoms with Crippen molar-refractivity contribution >= 4 is 35.4 Å². The molecule has 4 atom stereocenters. The van der Waals surface area contributed by atoms with E-state index in [1.807, 2.05) is 12.1 Å². The Balaban J connectivity index is 1.73. The molecule has 2 aliphatic rings. The third kappa shape index (κ3) is 4.16. The van der Waals surface area contributed by atoms with Crippen LogP contribution >= 0.6 is 23.2 Å². The molecule has 0 spiro atoms. The molecule has 2 aliphatic heterocycles. The van der Waals surface area contributed by atoms with E-state index < -0.39 is 5.97 Å². The lowest BCUT2D eigenvalue weighted by Gasteiger charge is -2.43. The minimum atomic E-state index is -0.438. The first-order valence-electron chi connectivity index (χ1n) is 8.88. The third-order valence-electron chi connectivity index (χ3n) is 5.74. The van der Waals surface area contributed by atoms with Crippen LogP contribution in [0, 0.1) is 5.92 Å². The number of piperidine rings is 1. The minimum absolute atomic E-state index is 0.167. The number of halogens is 2. The molecule has 2 heterocycles. The van der Waals surface area contributed by atoms with Crippen LogP contribution in [0.5, 0.6) is 0 Å². The van der Waals surface area contributed by atoms with Crippen LogP contribution in [0.4, 0.5) is 0 Å². The Labute approximate surface area is 164 Å². The maximum Gasteiger partial charge on any atom is 0.346 e. The first-order valence-corrected chi connectivity index (χ1v) is 9.64. The molecule has 0 saturated carbocycles. The number of esters is 1. The fourth-order valence-corrected chi connectivity index (χ4v) is 4.70. The molecular formula is C19H24Cl2N2O3. The highest BCUT2D eigenvalue weighted by Gasteiger charge is 2.45. The van der Waals surface area contributed by atoms with Crippen molar-refractivity contribution in [3.63, 3.8) is 0 Å². The molecule has 1 aromatic rings. The van der Waals surface area contributed by atoms with Gasteiger partial charge in [0, 0.05) is 18.3 Å². The molecule has 0 N–H and O–H groups in total. The summed E-state index contributed by atoms with van der Waals surface area (Å²) >= 11 is 12.3. The second-order valence-electron chi connectivity index (χ2n) is 7.02. The Kier molecular flexibility index (Phi) is 6.43. The van der Waals surface area contributed by atoms with Crippen LogP contribution in [0.3, 0.4) is 0 Å². The van der Waals surface area contributed by atoms with Gasteiger partial charge in [0.2, 0.25) is 6.61 Å². The molecule has 1 aromatic carbocycles. The zero-order chi connectivity index (χ0) is 18.7. The van der Waals surface area contributed by atoms with E-state index in [2.05, 4.69) is 27.9 Å². The van der Waals surface area contributed by atoms with E-state index in [-0.39, 0.29) is 6.61 Å². The summed E-state index contributed by atoms with van der Waals surface area (Å²) in [5.74, 6) is 0.388. The van der Waals surface area contributed by atoms with Gasteiger partial charge in [-0.05, 0) is 62.3 Å². The van der Waals surface area contributed by atoms with Gasteiger partial charge in [-0.15, -0.1) is 0 Å². The van der Waals surface area contributed by atoms with E-state index >= 15 is 0 Å². The number of hydrogen-bond donors (Lipinski definition) is 0. The Morgan fingerprint density at radius 3 is 2.88 bits per heavy atom. The van der Waals surface area contributed by atoms with Gasteiger partial charge in [-0.3, -0.25) is 0 Å². The number of oxime groups is 1. The number of fused-ring (bicyclic) bond motifs is 2. The largest absolute Gasteiger partial charge is 0.466 e. The summed E-state index contributed by atoms with van der Waals surface area (Å²) in [5, 5.41) is 5.11. The van der Waals surface area contributed by atoms with E-state index in [0.29, 0.717) is 34.0 Å². The smallest absolute Gasteiger partial charge is 0.346 e. The summed E-state index contributed by atoms with van der Waals surface area (Å²) in [5.41, 5.74) is 1.23. The first-order chi connectivity index (χ1) is 12.5. The van der Waals surface area contributed by atoms with Crippen LogP contribution in [-0.4, -0.2) is 49.9 Å². The molecule has 2 unspecified atom stereocenters. The maximum atomic E-state index is 11.1. The Morgan fingerprint density at radius 2 is 2.15 bits per heavy atom. The van der Waals surface area contributed by atoms with Gasteiger partial charge in [0.15, 0.2) is 0 Å². The number of nitrogens with zero attached hydrogens (tertiary/aromatic N) is 2. The van der Waals surface area contributed by atoms with Crippen molar-refractivity contribution in [1.82, 2.24) is 4.90 Å². The van der Waals surface area contributed by atoms with Gasteiger partial charge < -0.3 is 14.5 Å². The number of methoxy groups -OCH3 is 1. The maximum absolute atomic E-state index is 11.1. The van der Waals surface area contributed by atoms with E-state index in [1.165, 1.54) is 25.5 Å². The minimum Gasteiger partial charge on any atom is -0.466 e. The van der Waals surface area contributed by atoms with Crippen LogP contribution in [0.1, 0.15) is 37.2 Å². The van der Waals surface area contributed by atoms with Crippen molar-refractivity contribution in [1.29, 1.82) is 0 Å². The molecule has 0 aliphatic carbocycles. The summed E-state index contributed by atoms with van der Waals surface area (Å²) in [6.45, 7) is -0.167. The van der Waals surface area contributed by atoms with Crippen molar-refractivity contribution in [2.24, 2.45) is 11.1 Å². The van der Waals surface area contributed by atoms with E-state index in [1.54, 1.807) is 6.21 Å². The summed E-state index contributed by atoms with van der Waals surface area (Å²) in [7, 11) is 3.54. The number of benzene rings is 1. The lowest BCUT2D eigenvalue weighted by atomic mass is 9.75. The van der Waals surface area contributed by atoms with Gasteiger partial charge >= 0.3 is 5.97 Å². The zero-order valence-electron chi connectivity index (χ0n) is 15.0. The van der Waals surface area contributed by atoms with Crippen LogP contribution < -0.4 is 0 Å². The summed E-state index contributed by atoms with van der Waals surface area (Å²) < 4.78 is 4.53. The van der Waals surface area contributed by atoms with Gasteiger partial charge in [0.1, 0.15) is 0 Å². The van der Waals surface area contributed by atoms with Crippen LogP contribution in [-0.2, 0) is 14.4 Å². The fourth-order valence-electron chi connectivity index (χ4n) is 4.39. The highest BCUT2D eigenvalue weighted by molar-refractivity contribution is 6.42. The summed E-state index contributed by atoms with van der Waals surface area (Å²) in [6, 6.07) is 7.09. The molecule has 0 amide bonds. The van der Waals surface area contributed by atoms with Crippen molar-refractivity contribution in [2.75, 3.05) is 20.8 Å². The zero-order valence-corrected chi connectivity index (χ0v) is 16.5. The Hall–Kier alpha value is -1.30. The highest BCUT2D eigenvalue weighted by Crippen LogP contribution is 2.47. The van der Waals surface area contributed by atoms with Gasteiger partial charge in [0.25, 0.3) is 0 Å². The summed E-state index contributed by atoms with van der Waals surface area (Å²) in [6.07, 6.45) is 6.08. The van der Waals surface area contributed by atoms with E-state index in [4.69, 9.17) is 28.0 Å². The van der Waals surface area contributed by atoms with Crippen molar-refractivity contribution in [3.05, 3.63) is 33.8 Å². The lowest BCUT2D eigenvalue weighted by Crippen LogP contribution is -2.45. The third-order valence-corrected chi connectivity index (χ3v) is 6.48. The van der Waals surface area contributed by atoms with Crippen molar-refractivity contribution in [3.8, 4) is 0 Å². The van der Waals surface area contributed by atoms with Gasteiger partial charge in [0.05, 0.1) is 17.2 Å². The Morgan fingerprint density at radius 1 is 1.35 bits per heavy atom.